The van der Waals surface area contributed by atoms with Crippen LogP contribution in [0, 0.1) is 12.8 Å². The van der Waals surface area contributed by atoms with Crippen LogP contribution in [0.4, 0.5) is 0 Å². The first-order valence-corrected chi connectivity index (χ1v) is 9.04. The van der Waals surface area contributed by atoms with Gasteiger partial charge in [-0.3, -0.25) is 0 Å². The Hall–Kier alpha value is -1.61. The molecule has 3 nitrogen and oxygen atoms in total. The fraction of sp³-hybridized carbons (Fsp3) is 0.550. The largest absolute Gasteiger partial charge is 0.335 e. The first-order valence-electron chi connectivity index (χ1n) is 9.04. The van der Waals surface area contributed by atoms with E-state index in [1.807, 2.05) is 12.5 Å². The number of likely N-dealkylation sites (tertiary alicyclic amines) is 1. The van der Waals surface area contributed by atoms with Crippen molar-refractivity contribution in [1.82, 2.24) is 14.5 Å². The zero-order valence-corrected chi connectivity index (χ0v) is 14.3. The molecule has 23 heavy (non-hydrogen) atoms. The van der Waals surface area contributed by atoms with Gasteiger partial charge in [0.1, 0.15) is 0 Å². The number of aromatic nitrogens is 2. The summed E-state index contributed by atoms with van der Waals surface area (Å²) in [7, 11) is 0. The predicted molar refractivity (Wildman–Crippen MR) is 95.5 cm³/mol. The van der Waals surface area contributed by atoms with E-state index in [-0.39, 0.29) is 0 Å². The second-order valence-corrected chi connectivity index (χ2v) is 6.89. The lowest BCUT2D eigenvalue weighted by atomic mass is 9.93. The molecule has 1 aromatic heterocycles. The average molecular weight is 311 g/mol. The maximum absolute atomic E-state index is 4.21. The molecule has 3 heteroatoms. The van der Waals surface area contributed by atoms with E-state index >= 15 is 0 Å². The summed E-state index contributed by atoms with van der Waals surface area (Å²) in [4.78, 5) is 6.87. The minimum atomic E-state index is 0.891. The van der Waals surface area contributed by atoms with E-state index in [1.165, 1.54) is 63.0 Å². The van der Waals surface area contributed by atoms with E-state index in [4.69, 9.17) is 0 Å². The van der Waals surface area contributed by atoms with Crippen LogP contribution in [0.3, 0.4) is 0 Å². The lowest BCUT2D eigenvalue weighted by Gasteiger charge is -2.32. The summed E-state index contributed by atoms with van der Waals surface area (Å²) < 4.78 is 2.28. The van der Waals surface area contributed by atoms with Gasteiger partial charge in [-0.05, 0) is 70.1 Å². The van der Waals surface area contributed by atoms with Crippen molar-refractivity contribution in [1.29, 1.82) is 0 Å². The van der Waals surface area contributed by atoms with Crippen LogP contribution < -0.4 is 0 Å². The third-order valence-electron chi connectivity index (χ3n) is 5.19. The van der Waals surface area contributed by atoms with Gasteiger partial charge >= 0.3 is 0 Å². The van der Waals surface area contributed by atoms with Gasteiger partial charge in [0.15, 0.2) is 0 Å². The molecule has 2 aromatic rings. The van der Waals surface area contributed by atoms with Gasteiger partial charge in [-0.2, -0.15) is 0 Å². The molecule has 1 fully saturated rings. The molecule has 2 heterocycles. The molecule has 124 valence electrons. The third kappa shape index (κ3) is 4.93. The van der Waals surface area contributed by atoms with Crippen molar-refractivity contribution in [3.8, 4) is 0 Å². The third-order valence-corrected chi connectivity index (χ3v) is 5.19. The highest BCUT2D eigenvalue weighted by atomic mass is 15.1. The number of aryl methyl sites for hydroxylation is 3. The van der Waals surface area contributed by atoms with Gasteiger partial charge in [0, 0.05) is 18.4 Å². The Morgan fingerprint density at radius 2 is 1.87 bits per heavy atom. The maximum Gasteiger partial charge on any atom is 0.0948 e. The molecule has 0 N–H and O–H groups in total. The van der Waals surface area contributed by atoms with Crippen LogP contribution in [0.5, 0.6) is 0 Å². The van der Waals surface area contributed by atoms with E-state index in [1.54, 1.807) is 0 Å². The summed E-state index contributed by atoms with van der Waals surface area (Å²) in [6, 6.07) is 10.9. The van der Waals surface area contributed by atoms with Gasteiger partial charge in [0.2, 0.25) is 0 Å². The van der Waals surface area contributed by atoms with Crippen molar-refractivity contribution in [3.63, 3.8) is 0 Å². The number of piperidine rings is 1. The van der Waals surface area contributed by atoms with Crippen molar-refractivity contribution in [2.75, 3.05) is 19.6 Å². The average Bonchev–Trinajstić information content (AvgIpc) is 3.00. The lowest BCUT2D eigenvalue weighted by Crippen LogP contribution is -2.34. The SMILES string of the molecule is Cc1cncn1CCC1CCN(CCCc2ccccc2)CC1. The Morgan fingerprint density at radius 3 is 2.57 bits per heavy atom. The molecule has 1 aliphatic heterocycles. The highest BCUT2D eigenvalue weighted by Crippen LogP contribution is 2.21. The fourth-order valence-corrected chi connectivity index (χ4v) is 3.59. The van der Waals surface area contributed by atoms with Crippen LogP contribution in [-0.2, 0) is 13.0 Å². The number of hydrogen-bond acceptors (Lipinski definition) is 2. The second-order valence-electron chi connectivity index (χ2n) is 6.89. The molecule has 0 spiro atoms. The Kier molecular flexibility index (Phi) is 5.87. The minimum Gasteiger partial charge on any atom is -0.335 e. The van der Waals surface area contributed by atoms with E-state index < -0.39 is 0 Å². The van der Waals surface area contributed by atoms with Crippen molar-refractivity contribution < 1.29 is 0 Å². The van der Waals surface area contributed by atoms with E-state index in [0.717, 1.165) is 12.5 Å². The van der Waals surface area contributed by atoms with Crippen LogP contribution in [0.15, 0.2) is 42.9 Å². The normalized spacial score (nSPS) is 16.7. The second kappa shape index (κ2) is 8.30. The number of hydrogen-bond donors (Lipinski definition) is 0. The summed E-state index contributed by atoms with van der Waals surface area (Å²) >= 11 is 0. The van der Waals surface area contributed by atoms with E-state index in [2.05, 4.69) is 51.7 Å². The zero-order chi connectivity index (χ0) is 15.9. The summed E-state index contributed by atoms with van der Waals surface area (Å²) in [6.45, 7) is 7.08. The molecule has 0 amide bonds. The van der Waals surface area contributed by atoms with E-state index in [0.29, 0.717) is 0 Å². The van der Waals surface area contributed by atoms with Crippen molar-refractivity contribution in [2.45, 2.75) is 45.6 Å². The molecule has 1 saturated heterocycles. The monoisotopic (exact) mass is 311 g/mol. The summed E-state index contributed by atoms with van der Waals surface area (Å²) in [5.41, 5.74) is 2.75. The lowest BCUT2D eigenvalue weighted by molar-refractivity contribution is 0.174. The maximum atomic E-state index is 4.21. The number of imidazole rings is 1. The number of nitrogens with zero attached hydrogens (tertiary/aromatic N) is 3. The smallest absolute Gasteiger partial charge is 0.0948 e. The zero-order valence-electron chi connectivity index (χ0n) is 14.3. The molecule has 0 bridgehead atoms. The highest BCUT2D eigenvalue weighted by molar-refractivity contribution is 5.14. The Morgan fingerprint density at radius 1 is 1.09 bits per heavy atom. The first-order chi connectivity index (χ1) is 11.3. The molecular formula is C20H29N3. The van der Waals surface area contributed by atoms with Crippen LogP contribution in [0.1, 0.15) is 36.9 Å². The van der Waals surface area contributed by atoms with Crippen molar-refractivity contribution in [3.05, 3.63) is 54.1 Å². The summed E-state index contributed by atoms with van der Waals surface area (Å²) in [5.74, 6) is 0.891. The Balaban J connectivity index is 1.31. The van der Waals surface area contributed by atoms with Crippen LogP contribution in [0.25, 0.3) is 0 Å². The molecule has 3 rings (SSSR count). The van der Waals surface area contributed by atoms with Gasteiger partial charge in [0.25, 0.3) is 0 Å². The van der Waals surface area contributed by atoms with Gasteiger partial charge in [-0.1, -0.05) is 30.3 Å². The van der Waals surface area contributed by atoms with Gasteiger partial charge in [-0.25, -0.2) is 4.98 Å². The molecule has 0 aliphatic carbocycles. The highest BCUT2D eigenvalue weighted by Gasteiger charge is 2.18. The molecule has 0 saturated carbocycles. The Labute approximate surface area is 140 Å². The van der Waals surface area contributed by atoms with Crippen LogP contribution >= 0.6 is 0 Å². The van der Waals surface area contributed by atoms with Crippen molar-refractivity contribution in [2.24, 2.45) is 5.92 Å². The molecule has 0 atom stereocenters. The summed E-state index contributed by atoms with van der Waals surface area (Å²) in [5, 5.41) is 0. The quantitative estimate of drug-likeness (QED) is 0.772. The Bertz CT molecular complexity index is 568. The first kappa shape index (κ1) is 16.3. The topological polar surface area (TPSA) is 21.1 Å². The molecule has 1 aromatic carbocycles. The van der Waals surface area contributed by atoms with Gasteiger partial charge < -0.3 is 9.47 Å². The fourth-order valence-electron chi connectivity index (χ4n) is 3.59. The number of rotatable bonds is 7. The van der Waals surface area contributed by atoms with Crippen LogP contribution in [-0.4, -0.2) is 34.1 Å². The van der Waals surface area contributed by atoms with E-state index in [9.17, 15) is 0 Å². The molecule has 0 unspecified atom stereocenters. The van der Waals surface area contributed by atoms with Gasteiger partial charge in [-0.15, -0.1) is 0 Å². The van der Waals surface area contributed by atoms with Crippen molar-refractivity contribution >= 4 is 0 Å². The van der Waals surface area contributed by atoms with Gasteiger partial charge in [0.05, 0.1) is 6.33 Å². The van der Waals surface area contributed by atoms with Crippen LogP contribution in [0.2, 0.25) is 0 Å². The molecule has 0 radical (unpaired) electrons. The minimum absolute atomic E-state index is 0.891. The molecular weight excluding hydrogens is 282 g/mol. The predicted octanol–water partition coefficient (Wildman–Crippen LogP) is 3.93. The standard InChI is InChI=1S/C20H29N3/c1-18-16-21-17-23(18)15-11-20-9-13-22(14-10-20)12-5-8-19-6-3-2-4-7-19/h2-4,6-7,16-17,20H,5,8-15H2,1H3. The number of benzene rings is 1. The summed E-state index contributed by atoms with van der Waals surface area (Å²) in [6.07, 6.45) is 10.4. The molecule has 1 aliphatic rings.